The predicted octanol–water partition coefficient (Wildman–Crippen LogP) is 3.54. The third-order valence-corrected chi connectivity index (χ3v) is 4.95. The van der Waals surface area contributed by atoms with E-state index in [4.69, 9.17) is 0 Å². The van der Waals surface area contributed by atoms with E-state index in [-0.39, 0.29) is 5.91 Å². The molecule has 3 aromatic rings. The zero-order valence-electron chi connectivity index (χ0n) is 10.8. The van der Waals surface area contributed by atoms with Crippen molar-refractivity contribution in [1.82, 2.24) is 9.88 Å². The lowest BCUT2D eigenvalue weighted by Crippen LogP contribution is -2.24. The first-order valence-corrected chi connectivity index (χ1v) is 7.71. The molecule has 3 heterocycles. The highest BCUT2D eigenvalue weighted by Crippen LogP contribution is 2.27. The molecule has 1 N–H and O–H groups in total. The summed E-state index contributed by atoms with van der Waals surface area (Å²) in [5.74, 6) is -0.0167. The third-order valence-electron chi connectivity index (χ3n) is 3.09. The molecular formula is C14H14N2OS2. The van der Waals surface area contributed by atoms with E-state index in [0.717, 1.165) is 11.2 Å². The molecule has 0 aliphatic rings. The average molecular weight is 290 g/mol. The molecule has 0 radical (unpaired) electrons. The van der Waals surface area contributed by atoms with Crippen LogP contribution in [0.5, 0.6) is 0 Å². The molecule has 0 atom stereocenters. The van der Waals surface area contributed by atoms with Crippen LogP contribution < -0.4 is 5.32 Å². The van der Waals surface area contributed by atoms with Crippen LogP contribution in [-0.2, 0) is 13.6 Å². The average Bonchev–Trinajstić information content (AvgIpc) is 3.06. The van der Waals surface area contributed by atoms with Crippen molar-refractivity contribution in [2.45, 2.75) is 13.5 Å². The Morgan fingerprint density at radius 2 is 2.26 bits per heavy atom. The predicted molar refractivity (Wildman–Crippen MR) is 81.0 cm³/mol. The van der Waals surface area contributed by atoms with Gasteiger partial charge in [-0.25, -0.2) is 0 Å². The monoisotopic (exact) mass is 290 g/mol. The van der Waals surface area contributed by atoms with Crippen LogP contribution in [0.15, 0.2) is 29.6 Å². The summed E-state index contributed by atoms with van der Waals surface area (Å²) >= 11 is 3.38. The van der Waals surface area contributed by atoms with E-state index in [2.05, 4.69) is 18.3 Å². The highest BCUT2D eigenvalue weighted by molar-refractivity contribution is 7.19. The zero-order chi connectivity index (χ0) is 13.4. The van der Waals surface area contributed by atoms with E-state index < -0.39 is 0 Å². The van der Waals surface area contributed by atoms with Crippen LogP contribution >= 0.6 is 22.7 Å². The van der Waals surface area contributed by atoms with E-state index in [9.17, 15) is 4.79 Å². The number of hydrogen-bond donors (Lipinski definition) is 1. The first-order chi connectivity index (χ1) is 9.15. The van der Waals surface area contributed by atoms with Crippen LogP contribution in [0.4, 0.5) is 0 Å². The van der Waals surface area contributed by atoms with Crippen molar-refractivity contribution in [3.05, 3.63) is 45.1 Å². The van der Waals surface area contributed by atoms with Gasteiger partial charge in [0.1, 0.15) is 5.69 Å². The van der Waals surface area contributed by atoms with Crippen LogP contribution in [-0.4, -0.2) is 10.5 Å². The Morgan fingerprint density at radius 3 is 2.95 bits per heavy atom. The maximum absolute atomic E-state index is 12.2. The van der Waals surface area contributed by atoms with Crippen molar-refractivity contribution in [3.63, 3.8) is 0 Å². The number of amides is 1. The fourth-order valence-electron chi connectivity index (χ4n) is 2.12. The molecule has 0 saturated heterocycles. The maximum Gasteiger partial charge on any atom is 0.268 e. The van der Waals surface area contributed by atoms with Gasteiger partial charge in [-0.15, -0.1) is 22.7 Å². The lowest BCUT2D eigenvalue weighted by molar-refractivity contribution is 0.0943. The quantitative estimate of drug-likeness (QED) is 0.786. The van der Waals surface area contributed by atoms with Gasteiger partial charge in [0, 0.05) is 16.8 Å². The largest absolute Gasteiger partial charge is 0.346 e. The number of carbonyl (C=O) groups is 1. The Morgan fingerprint density at radius 1 is 1.42 bits per heavy atom. The standard InChI is InChI=1S/C14H14N2OS2/c1-9-6-11-13(19-9)7-12(16(11)2)14(17)15-8-10-4-3-5-18-10/h3-7H,8H2,1-2H3,(H,15,17). The molecule has 0 fully saturated rings. The third kappa shape index (κ3) is 2.31. The molecule has 0 spiro atoms. The van der Waals surface area contributed by atoms with Crippen molar-refractivity contribution >= 4 is 38.8 Å². The van der Waals surface area contributed by atoms with Crippen molar-refractivity contribution < 1.29 is 4.79 Å². The number of thiophene rings is 2. The van der Waals surface area contributed by atoms with E-state index in [1.54, 1.807) is 22.7 Å². The van der Waals surface area contributed by atoms with Crippen LogP contribution in [0, 0.1) is 6.92 Å². The smallest absolute Gasteiger partial charge is 0.268 e. The summed E-state index contributed by atoms with van der Waals surface area (Å²) in [6, 6.07) is 8.11. The number of aromatic nitrogens is 1. The molecule has 0 aliphatic heterocycles. The molecular weight excluding hydrogens is 276 g/mol. The van der Waals surface area contributed by atoms with Crippen molar-refractivity contribution in [2.24, 2.45) is 7.05 Å². The van der Waals surface area contributed by atoms with Crippen LogP contribution in [0.2, 0.25) is 0 Å². The van der Waals surface area contributed by atoms with Crippen molar-refractivity contribution in [1.29, 1.82) is 0 Å². The van der Waals surface area contributed by atoms with Gasteiger partial charge in [0.2, 0.25) is 0 Å². The molecule has 19 heavy (non-hydrogen) atoms. The molecule has 5 heteroatoms. The summed E-state index contributed by atoms with van der Waals surface area (Å²) in [4.78, 5) is 14.6. The fourth-order valence-corrected chi connectivity index (χ4v) is 3.76. The Hall–Kier alpha value is -1.59. The molecule has 3 nitrogen and oxygen atoms in total. The summed E-state index contributed by atoms with van der Waals surface area (Å²) in [6.07, 6.45) is 0. The Bertz CT molecular complexity index is 722. The lowest BCUT2D eigenvalue weighted by atomic mass is 10.4. The van der Waals surface area contributed by atoms with Gasteiger partial charge in [-0.1, -0.05) is 6.07 Å². The molecule has 3 rings (SSSR count). The first kappa shape index (κ1) is 12.4. The molecule has 0 bridgehead atoms. The van der Waals surface area contributed by atoms with Crippen molar-refractivity contribution in [3.8, 4) is 0 Å². The minimum atomic E-state index is -0.0167. The van der Waals surface area contributed by atoms with Gasteiger partial charge in [0.15, 0.2) is 0 Å². The summed E-state index contributed by atoms with van der Waals surface area (Å²) in [7, 11) is 1.94. The number of carbonyl (C=O) groups excluding carboxylic acids is 1. The van der Waals surface area contributed by atoms with E-state index in [1.165, 1.54) is 14.5 Å². The SMILES string of the molecule is Cc1cc2c(cc(C(=O)NCc3cccs3)n2C)s1. The summed E-state index contributed by atoms with van der Waals surface area (Å²) in [6.45, 7) is 2.68. The van der Waals surface area contributed by atoms with Crippen LogP contribution in [0.1, 0.15) is 20.2 Å². The minimum Gasteiger partial charge on any atom is -0.346 e. The van der Waals surface area contributed by atoms with Gasteiger partial charge < -0.3 is 9.88 Å². The van der Waals surface area contributed by atoms with Crippen LogP contribution in [0.3, 0.4) is 0 Å². The van der Waals surface area contributed by atoms with Gasteiger partial charge in [-0.05, 0) is 30.5 Å². The lowest BCUT2D eigenvalue weighted by Gasteiger charge is -2.05. The Balaban J connectivity index is 1.81. The second kappa shape index (κ2) is 4.83. The van der Waals surface area contributed by atoms with E-state index in [0.29, 0.717) is 6.54 Å². The van der Waals surface area contributed by atoms with Gasteiger partial charge >= 0.3 is 0 Å². The van der Waals surface area contributed by atoms with Gasteiger partial charge in [-0.2, -0.15) is 0 Å². The van der Waals surface area contributed by atoms with Crippen molar-refractivity contribution in [2.75, 3.05) is 0 Å². The van der Waals surface area contributed by atoms with Crippen LogP contribution in [0.25, 0.3) is 10.2 Å². The summed E-state index contributed by atoms with van der Waals surface area (Å²) in [5.41, 5.74) is 1.85. The van der Waals surface area contributed by atoms with Gasteiger partial charge in [-0.3, -0.25) is 4.79 Å². The number of fused-ring (bicyclic) bond motifs is 1. The minimum absolute atomic E-state index is 0.0167. The second-order valence-corrected chi connectivity index (χ2v) is 6.78. The number of hydrogen-bond acceptors (Lipinski definition) is 3. The van der Waals surface area contributed by atoms with E-state index in [1.807, 2.05) is 35.2 Å². The van der Waals surface area contributed by atoms with Gasteiger partial charge in [0.25, 0.3) is 5.91 Å². The summed E-state index contributed by atoms with van der Waals surface area (Å²) < 4.78 is 3.13. The maximum atomic E-state index is 12.2. The Kier molecular flexibility index (Phi) is 3.16. The molecule has 1 amide bonds. The molecule has 98 valence electrons. The molecule has 0 saturated carbocycles. The molecule has 3 aromatic heterocycles. The first-order valence-electron chi connectivity index (χ1n) is 6.01. The van der Waals surface area contributed by atoms with Gasteiger partial charge in [0.05, 0.1) is 16.8 Å². The highest BCUT2D eigenvalue weighted by Gasteiger charge is 2.14. The van der Waals surface area contributed by atoms with E-state index >= 15 is 0 Å². The fraction of sp³-hybridized carbons (Fsp3) is 0.214. The number of nitrogens with one attached hydrogen (secondary N) is 1. The highest BCUT2D eigenvalue weighted by atomic mass is 32.1. The molecule has 0 aromatic carbocycles. The number of aryl methyl sites for hydroxylation is 2. The summed E-state index contributed by atoms with van der Waals surface area (Å²) in [5, 5.41) is 4.98. The second-order valence-electron chi connectivity index (χ2n) is 4.46. The topological polar surface area (TPSA) is 34.0 Å². The molecule has 0 unspecified atom stereocenters. The Labute approximate surface area is 119 Å². The number of nitrogens with zero attached hydrogens (tertiary/aromatic N) is 1. The molecule has 0 aliphatic carbocycles. The zero-order valence-corrected chi connectivity index (χ0v) is 12.4. The normalized spacial score (nSPS) is 11.1. The number of rotatable bonds is 3.